The SMILES string of the molecule is C=C/C(=C\N=CN)CC. The van der Waals surface area contributed by atoms with Gasteiger partial charge in [0.05, 0.1) is 6.34 Å². The molecule has 0 fully saturated rings. The molecule has 2 N–H and O–H groups in total. The van der Waals surface area contributed by atoms with Gasteiger partial charge in [0.2, 0.25) is 0 Å². The standard InChI is InChI=1S/C7H12N2/c1-3-7(4-2)5-9-6-8/h3,5-6H,1,4H2,2H3,(H2,8,9)/b7-5+. The molecule has 2 heteroatoms. The van der Waals surface area contributed by atoms with Crippen LogP contribution in [0.15, 0.2) is 29.4 Å². The predicted octanol–water partition coefficient (Wildman–Crippen LogP) is 1.45. The fraction of sp³-hybridized carbons (Fsp3) is 0.286. The van der Waals surface area contributed by atoms with Crippen molar-refractivity contribution in [3.63, 3.8) is 0 Å². The van der Waals surface area contributed by atoms with E-state index in [1.54, 1.807) is 12.3 Å². The summed E-state index contributed by atoms with van der Waals surface area (Å²) in [6, 6.07) is 0. The molecular formula is C7H12N2. The van der Waals surface area contributed by atoms with Crippen LogP contribution < -0.4 is 5.73 Å². The first-order valence-electron chi connectivity index (χ1n) is 2.90. The van der Waals surface area contributed by atoms with E-state index in [1.165, 1.54) is 6.34 Å². The predicted molar refractivity (Wildman–Crippen MR) is 41.3 cm³/mol. The minimum atomic E-state index is 0.945. The molecule has 0 unspecified atom stereocenters. The summed E-state index contributed by atoms with van der Waals surface area (Å²) in [6.07, 6.45) is 5.68. The zero-order chi connectivity index (χ0) is 7.11. The molecule has 0 rings (SSSR count). The van der Waals surface area contributed by atoms with E-state index in [4.69, 9.17) is 5.73 Å². The Kier molecular flexibility index (Phi) is 4.50. The first-order chi connectivity index (χ1) is 4.35. The average molecular weight is 124 g/mol. The quantitative estimate of drug-likeness (QED) is 0.345. The summed E-state index contributed by atoms with van der Waals surface area (Å²) in [6.45, 7) is 5.64. The van der Waals surface area contributed by atoms with Gasteiger partial charge in [-0.3, -0.25) is 0 Å². The largest absolute Gasteiger partial charge is 0.390 e. The van der Waals surface area contributed by atoms with Gasteiger partial charge in [0.15, 0.2) is 0 Å². The van der Waals surface area contributed by atoms with Crippen LogP contribution >= 0.6 is 0 Å². The molecule has 0 aromatic heterocycles. The summed E-state index contributed by atoms with van der Waals surface area (Å²) in [5, 5.41) is 0. The number of hydrogen-bond donors (Lipinski definition) is 1. The van der Waals surface area contributed by atoms with Crippen molar-refractivity contribution < 1.29 is 0 Å². The van der Waals surface area contributed by atoms with E-state index < -0.39 is 0 Å². The van der Waals surface area contributed by atoms with Gasteiger partial charge in [-0.2, -0.15) is 0 Å². The van der Waals surface area contributed by atoms with Crippen LogP contribution in [-0.2, 0) is 0 Å². The smallest absolute Gasteiger partial charge is 0.0852 e. The Morgan fingerprint density at radius 2 is 2.44 bits per heavy atom. The Morgan fingerprint density at radius 1 is 1.78 bits per heavy atom. The van der Waals surface area contributed by atoms with E-state index in [-0.39, 0.29) is 0 Å². The number of nitrogens with zero attached hydrogens (tertiary/aromatic N) is 1. The summed E-state index contributed by atoms with van der Waals surface area (Å²) in [5.74, 6) is 0. The number of rotatable bonds is 3. The average Bonchev–Trinajstić information content (AvgIpc) is 1.91. The van der Waals surface area contributed by atoms with E-state index in [9.17, 15) is 0 Å². The van der Waals surface area contributed by atoms with Crippen LogP contribution in [0.25, 0.3) is 0 Å². The van der Waals surface area contributed by atoms with E-state index in [2.05, 4.69) is 11.6 Å². The molecule has 2 nitrogen and oxygen atoms in total. The second-order valence-electron chi connectivity index (χ2n) is 1.56. The maximum atomic E-state index is 5.02. The van der Waals surface area contributed by atoms with Crippen molar-refractivity contribution in [2.24, 2.45) is 10.7 Å². The van der Waals surface area contributed by atoms with Gasteiger partial charge in [-0.25, -0.2) is 4.99 Å². The van der Waals surface area contributed by atoms with E-state index in [0.29, 0.717) is 0 Å². The highest BCUT2D eigenvalue weighted by Crippen LogP contribution is 1.99. The van der Waals surface area contributed by atoms with Crippen LogP contribution in [0.3, 0.4) is 0 Å². The molecule has 0 aliphatic carbocycles. The van der Waals surface area contributed by atoms with Crippen molar-refractivity contribution >= 4 is 6.34 Å². The van der Waals surface area contributed by atoms with E-state index in [0.717, 1.165) is 12.0 Å². The zero-order valence-corrected chi connectivity index (χ0v) is 5.67. The number of hydrogen-bond acceptors (Lipinski definition) is 1. The van der Waals surface area contributed by atoms with Gasteiger partial charge in [0.25, 0.3) is 0 Å². The molecule has 0 spiro atoms. The molecule has 0 bridgehead atoms. The second kappa shape index (κ2) is 5.09. The van der Waals surface area contributed by atoms with Crippen molar-refractivity contribution in [1.82, 2.24) is 0 Å². The van der Waals surface area contributed by atoms with Gasteiger partial charge >= 0.3 is 0 Å². The zero-order valence-electron chi connectivity index (χ0n) is 5.67. The fourth-order valence-corrected chi connectivity index (χ4v) is 0.427. The van der Waals surface area contributed by atoms with Crippen molar-refractivity contribution in [3.8, 4) is 0 Å². The molecule has 50 valence electrons. The normalized spacial score (nSPS) is 12.3. The molecular weight excluding hydrogens is 112 g/mol. The Balaban J connectivity index is 3.90. The van der Waals surface area contributed by atoms with Crippen LogP contribution in [0.4, 0.5) is 0 Å². The highest BCUT2D eigenvalue weighted by Gasteiger charge is 1.80. The monoisotopic (exact) mass is 124 g/mol. The van der Waals surface area contributed by atoms with Gasteiger partial charge in [-0.05, 0) is 12.0 Å². The molecule has 0 aliphatic rings. The van der Waals surface area contributed by atoms with Gasteiger partial charge < -0.3 is 5.73 Å². The summed E-state index contributed by atoms with van der Waals surface area (Å²) in [5.41, 5.74) is 6.11. The highest BCUT2D eigenvalue weighted by molar-refractivity contribution is 5.52. The molecule has 0 amide bonds. The third kappa shape index (κ3) is 3.53. The number of nitrogens with two attached hydrogens (primary N) is 1. The van der Waals surface area contributed by atoms with Gasteiger partial charge in [0.1, 0.15) is 0 Å². The van der Waals surface area contributed by atoms with Crippen molar-refractivity contribution in [3.05, 3.63) is 24.4 Å². The van der Waals surface area contributed by atoms with Crippen LogP contribution in [-0.4, -0.2) is 6.34 Å². The third-order valence-electron chi connectivity index (χ3n) is 0.997. The maximum Gasteiger partial charge on any atom is 0.0852 e. The first-order valence-corrected chi connectivity index (χ1v) is 2.90. The molecule has 0 aromatic carbocycles. The lowest BCUT2D eigenvalue weighted by molar-refractivity contribution is 1.14. The molecule has 0 saturated heterocycles. The summed E-state index contributed by atoms with van der Waals surface area (Å²) >= 11 is 0. The molecule has 0 saturated carbocycles. The van der Waals surface area contributed by atoms with Crippen molar-refractivity contribution in [2.45, 2.75) is 13.3 Å². The van der Waals surface area contributed by atoms with Gasteiger partial charge in [-0.1, -0.05) is 19.6 Å². The lowest BCUT2D eigenvalue weighted by Crippen LogP contribution is -1.86. The lowest BCUT2D eigenvalue weighted by atomic mass is 10.2. The molecule has 0 heterocycles. The summed E-state index contributed by atoms with van der Waals surface area (Å²) in [4.78, 5) is 3.73. The lowest BCUT2D eigenvalue weighted by Gasteiger charge is -1.89. The second-order valence-corrected chi connectivity index (χ2v) is 1.56. The minimum Gasteiger partial charge on any atom is -0.390 e. The van der Waals surface area contributed by atoms with Crippen LogP contribution in [0.2, 0.25) is 0 Å². The van der Waals surface area contributed by atoms with E-state index in [1.807, 2.05) is 6.92 Å². The number of allylic oxidation sites excluding steroid dienone is 2. The molecule has 9 heavy (non-hydrogen) atoms. The fourth-order valence-electron chi connectivity index (χ4n) is 0.427. The number of aliphatic imine (C=N–C) groups is 1. The Morgan fingerprint density at radius 3 is 2.78 bits per heavy atom. The minimum absolute atomic E-state index is 0.945. The van der Waals surface area contributed by atoms with Crippen LogP contribution in [0.5, 0.6) is 0 Å². The van der Waals surface area contributed by atoms with Crippen LogP contribution in [0, 0.1) is 0 Å². The molecule has 0 aliphatic heterocycles. The Hall–Kier alpha value is -1.05. The Bertz CT molecular complexity index is 134. The first kappa shape index (κ1) is 7.95. The van der Waals surface area contributed by atoms with Gasteiger partial charge in [0, 0.05) is 6.20 Å². The molecule has 0 radical (unpaired) electrons. The summed E-state index contributed by atoms with van der Waals surface area (Å²) < 4.78 is 0. The maximum absolute atomic E-state index is 5.02. The summed E-state index contributed by atoms with van der Waals surface area (Å²) in [7, 11) is 0. The molecule has 0 atom stereocenters. The highest BCUT2D eigenvalue weighted by atomic mass is 14.8. The van der Waals surface area contributed by atoms with Crippen LogP contribution in [0.1, 0.15) is 13.3 Å². The van der Waals surface area contributed by atoms with Crippen molar-refractivity contribution in [1.29, 1.82) is 0 Å². The topological polar surface area (TPSA) is 38.4 Å². The molecule has 0 aromatic rings. The third-order valence-corrected chi connectivity index (χ3v) is 0.997. The van der Waals surface area contributed by atoms with Gasteiger partial charge in [-0.15, -0.1) is 0 Å². The Labute approximate surface area is 55.8 Å². The van der Waals surface area contributed by atoms with E-state index >= 15 is 0 Å². The van der Waals surface area contributed by atoms with Crippen molar-refractivity contribution in [2.75, 3.05) is 0 Å².